The molecule has 0 spiro atoms. The minimum Gasteiger partial charge on any atom is -0.478 e. The zero-order chi connectivity index (χ0) is 13.1. The molecule has 0 N–H and O–H groups in total. The number of morpholine rings is 1. The largest absolute Gasteiger partial charge is 0.478 e. The number of rotatable bonds is 3. The fraction of sp³-hybridized carbons (Fsp3) is 0.357. The van der Waals surface area contributed by atoms with Gasteiger partial charge in [-0.25, -0.2) is 0 Å². The molecule has 5 heteroatoms. The van der Waals surface area contributed by atoms with E-state index < -0.39 is 0 Å². The van der Waals surface area contributed by atoms with Crippen molar-refractivity contribution in [1.82, 2.24) is 4.98 Å². The van der Waals surface area contributed by atoms with Crippen LogP contribution in [-0.2, 0) is 4.74 Å². The monoisotopic (exact) mass is 278 g/mol. The van der Waals surface area contributed by atoms with E-state index in [0.717, 1.165) is 48.5 Å². The molecule has 0 amide bonds. The van der Waals surface area contributed by atoms with Gasteiger partial charge in [-0.15, -0.1) is 0 Å². The first kappa shape index (κ1) is 12.5. The summed E-state index contributed by atoms with van der Waals surface area (Å²) in [6, 6.07) is 6.09. The number of anilines is 1. The lowest BCUT2D eigenvalue weighted by Crippen LogP contribution is -2.36. The number of hydrogen-bond donors (Lipinski definition) is 0. The van der Waals surface area contributed by atoms with E-state index in [1.165, 1.54) is 0 Å². The first-order valence-electron chi connectivity index (χ1n) is 6.28. The van der Waals surface area contributed by atoms with Crippen LogP contribution in [0.15, 0.2) is 30.6 Å². The van der Waals surface area contributed by atoms with Crippen LogP contribution in [-0.4, -0.2) is 37.4 Å². The zero-order valence-corrected chi connectivity index (χ0v) is 11.3. The van der Waals surface area contributed by atoms with Crippen molar-refractivity contribution in [3.05, 3.63) is 30.6 Å². The van der Waals surface area contributed by atoms with E-state index in [2.05, 4.69) is 9.88 Å². The quantitative estimate of drug-likeness (QED) is 0.809. The Morgan fingerprint density at radius 3 is 2.89 bits per heavy atom. The Morgan fingerprint density at radius 2 is 2.11 bits per heavy atom. The average Bonchev–Trinajstić information content (AvgIpc) is 2.48. The van der Waals surface area contributed by atoms with Crippen LogP contribution in [0.1, 0.15) is 0 Å². The molecule has 0 aliphatic carbocycles. The molecule has 0 saturated carbocycles. The summed E-state index contributed by atoms with van der Waals surface area (Å²) in [5, 5.41) is 2.24. The lowest BCUT2D eigenvalue weighted by molar-refractivity contribution is 0.123. The van der Waals surface area contributed by atoms with Crippen molar-refractivity contribution in [2.24, 2.45) is 0 Å². The third kappa shape index (κ3) is 2.60. The number of fused-ring (bicyclic) bond motifs is 1. The molecule has 3 rings (SSSR count). The molecule has 0 unspecified atom stereocenters. The number of nitrogens with zero attached hydrogens (tertiary/aromatic N) is 2. The fourth-order valence-electron chi connectivity index (χ4n) is 2.34. The van der Waals surface area contributed by atoms with Crippen molar-refractivity contribution < 1.29 is 9.47 Å². The van der Waals surface area contributed by atoms with Crippen molar-refractivity contribution >= 4 is 28.1 Å². The standard InChI is InChI=1S/C14H15ClN2O2/c15-10-19-12-2-1-11-8-16-9-14(13(11)7-12)17-3-5-18-6-4-17/h1-2,7-9H,3-6,10H2. The van der Waals surface area contributed by atoms with Gasteiger partial charge in [0.2, 0.25) is 0 Å². The number of halogens is 1. The molecule has 0 bridgehead atoms. The molecule has 1 aliphatic rings. The van der Waals surface area contributed by atoms with Crippen LogP contribution in [0.5, 0.6) is 5.75 Å². The van der Waals surface area contributed by atoms with E-state index in [-0.39, 0.29) is 6.07 Å². The van der Waals surface area contributed by atoms with Crippen molar-refractivity contribution in [3.63, 3.8) is 0 Å². The van der Waals surface area contributed by atoms with E-state index in [4.69, 9.17) is 21.1 Å². The van der Waals surface area contributed by atoms with Crippen LogP contribution in [0.2, 0.25) is 0 Å². The molecule has 100 valence electrons. The summed E-state index contributed by atoms with van der Waals surface area (Å²) in [4.78, 5) is 6.61. The molecular weight excluding hydrogens is 264 g/mol. The molecule has 19 heavy (non-hydrogen) atoms. The normalized spacial score (nSPS) is 15.7. The van der Waals surface area contributed by atoms with Crippen LogP contribution in [0.3, 0.4) is 0 Å². The summed E-state index contributed by atoms with van der Waals surface area (Å²) in [5.74, 6) is 0.781. The van der Waals surface area contributed by atoms with Crippen LogP contribution in [0.25, 0.3) is 10.8 Å². The summed E-state index contributed by atoms with van der Waals surface area (Å²) in [6.07, 6.45) is 3.77. The predicted molar refractivity (Wildman–Crippen MR) is 76.1 cm³/mol. The van der Waals surface area contributed by atoms with Crippen LogP contribution >= 0.6 is 11.6 Å². The lowest BCUT2D eigenvalue weighted by Gasteiger charge is -2.29. The van der Waals surface area contributed by atoms with Crippen molar-refractivity contribution in [1.29, 1.82) is 0 Å². The molecule has 2 aromatic rings. The second kappa shape index (κ2) is 5.63. The van der Waals surface area contributed by atoms with Crippen LogP contribution in [0, 0.1) is 0 Å². The third-order valence-corrected chi connectivity index (χ3v) is 3.39. The van der Waals surface area contributed by atoms with E-state index in [1.807, 2.05) is 30.6 Å². The Balaban J connectivity index is 2.04. The van der Waals surface area contributed by atoms with Crippen molar-refractivity contribution in [3.8, 4) is 5.75 Å². The summed E-state index contributed by atoms with van der Waals surface area (Å²) in [5.41, 5.74) is 1.13. The maximum absolute atomic E-state index is 5.61. The highest BCUT2D eigenvalue weighted by molar-refractivity contribution is 6.17. The molecular formula is C14H15ClN2O2. The summed E-state index contributed by atoms with van der Waals surface area (Å²) in [6.45, 7) is 3.30. The van der Waals surface area contributed by atoms with Gasteiger partial charge < -0.3 is 14.4 Å². The van der Waals surface area contributed by atoms with Gasteiger partial charge in [0.25, 0.3) is 0 Å². The van der Waals surface area contributed by atoms with Crippen molar-refractivity contribution in [2.75, 3.05) is 37.3 Å². The SMILES string of the molecule is ClCOc1ccc2cncc(N3CCOCC3)c2c1. The second-order valence-electron chi connectivity index (χ2n) is 4.39. The van der Waals surface area contributed by atoms with E-state index >= 15 is 0 Å². The predicted octanol–water partition coefficient (Wildman–Crippen LogP) is 2.65. The number of aromatic nitrogens is 1. The average molecular weight is 279 g/mol. The number of hydrogen-bond acceptors (Lipinski definition) is 4. The first-order valence-corrected chi connectivity index (χ1v) is 6.81. The Labute approximate surface area is 116 Å². The van der Waals surface area contributed by atoms with Crippen molar-refractivity contribution in [2.45, 2.75) is 0 Å². The highest BCUT2D eigenvalue weighted by Gasteiger charge is 2.14. The molecule has 4 nitrogen and oxygen atoms in total. The summed E-state index contributed by atoms with van der Waals surface area (Å²) >= 11 is 5.61. The minimum absolute atomic E-state index is 0.156. The second-order valence-corrected chi connectivity index (χ2v) is 4.61. The smallest absolute Gasteiger partial charge is 0.162 e. The Bertz CT molecular complexity index is 570. The van der Waals surface area contributed by atoms with Crippen LogP contribution < -0.4 is 9.64 Å². The molecule has 1 aromatic carbocycles. The fourth-order valence-corrected chi connectivity index (χ4v) is 2.46. The number of benzene rings is 1. The van der Waals surface area contributed by atoms with Gasteiger partial charge in [-0.3, -0.25) is 4.98 Å². The van der Waals surface area contributed by atoms with Gasteiger partial charge in [0.05, 0.1) is 25.1 Å². The maximum atomic E-state index is 5.61. The number of pyridine rings is 1. The molecule has 0 radical (unpaired) electrons. The first-order chi connectivity index (χ1) is 9.38. The van der Waals surface area contributed by atoms with E-state index in [1.54, 1.807) is 0 Å². The molecule has 0 atom stereocenters. The molecule has 1 aromatic heterocycles. The maximum Gasteiger partial charge on any atom is 0.162 e. The summed E-state index contributed by atoms with van der Waals surface area (Å²) < 4.78 is 10.7. The number of ether oxygens (including phenoxy) is 2. The highest BCUT2D eigenvalue weighted by atomic mass is 35.5. The minimum atomic E-state index is 0.156. The molecule has 1 fully saturated rings. The Hall–Kier alpha value is -1.52. The number of alkyl halides is 1. The molecule has 1 aliphatic heterocycles. The molecule has 1 saturated heterocycles. The Kier molecular flexibility index (Phi) is 3.71. The Morgan fingerprint density at radius 1 is 1.26 bits per heavy atom. The van der Waals surface area contributed by atoms with Gasteiger partial charge in [0.15, 0.2) is 6.07 Å². The lowest BCUT2D eigenvalue weighted by atomic mass is 10.1. The van der Waals surface area contributed by atoms with E-state index in [9.17, 15) is 0 Å². The van der Waals surface area contributed by atoms with Gasteiger partial charge in [-0.2, -0.15) is 0 Å². The topological polar surface area (TPSA) is 34.6 Å². The van der Waals surface area contributed by atoms with E-state index in [0.29, 0.717) is 0 Å². The van der Waals surface area contributed by atoms with Crippen LogP contribution in [0.4, 0.5) is 5.69 Å². The zero-order valence-electron chi connectivity index (χ0n) is 10.5. The highest BCUT2D eigenvalue weighted by Crippen LogP contribution is 2.29. The van der Waals surface area contributed by atoms with Gasteiger partial charge in [-0.05, 0) is 18.2 Å². The summed E-state index contributed by atoms with van der Waals surface area (Å²) in [7, 11) is 0. The van der Waals surface area contributed by atoms with Gasteiger partial charge >= 0.3 is 0 Å². The molecule has 2 heterocycles. The van der Waals surface area contributed by atoms with Gasteiger partial charge in [0.1, 0.15) is 5.75 Å². The van der Waals surface area contributed by atoms with Gasteiger partial charge in [0, 0.05) is 30.1 Å². The van der Waals surface area contributed by atoms with Gasteiger partial charge in [-0.1, -0.05) is 11.6 Å². The third-order valence-electron chi connectivity index (χ3n) is 3.28.